The summed E-state index contributed by atoms with van der Waals surface area (Å²) in [7, 11) is 0. The largest absolute Gasteiger partial charge is 0.351 e. The fraction of sp³-hybridized carbons (Fsp3) is 0.375. The number of aromatic nitrogens is 1. The molecular weight excluding hydrogens is 252 g/mol. The Kier molecular flexibility index (Phi) is 3.93. The van der Waals surface area contributed by atoms with Crippen molar-refractivity contribution in [3.63, 3.8) is 0 Å². The Labute approximate surface area is 119 Å². The highest BCUT2D eigenvalue weighted by Crippen LogP contribution is 2.22. The number of hydrogen-bond donors (Lipinski definition) is 1. The fourth-order valence-corrected chi connectivity index (χ4v) is 1.83. The predicted octanol–water partition coefficient (Wildman–Crippen LogP) is 3.46. The monoisotopic (exact) mass is 272 g/mol. The highest BCUT2D eigenvalue weighted by Gasteiger charge is 2.22. The molecule has 0 aliphatic heterocycles. The lowest BCUT2D eigenvalue weighted by Gasteiger charge is -2.13. The van der Waals surface area contributed by atoms with Gasteiger partial charge in [0, 0.05) is 11.5 Å². The lowest BCUT2D eigenvalue weighted by atomic mass is 9.92. The smallest absolute Gasteiger partial charge is 0.290 e. The maximum atomic E-state index is 12.1. The van der Waals surface area contributed by atoms with Crippen LogP contribution in [0, 0.1) is 0 Å². The maximum absolute atomic E-state index is 12.1. The van der Waals surface area contributed by atoms with Crippen LogP contribution in [0.15, 0.2) is 40.9 Å². The van der Waals surface area contributed by atoms with E-state index in [-0.39, 0.29) is 23.1 Å². The van der Waals surface area contributed by atoms with Crippen molar-refractivity contribution in [1.82, 2.24) is 10.5 Å². The first-order valence-corrected chi connectivity index (χ1v) is 6.71. The molecule has 1 N–H and O–H groups in total. The zero-order valence-electron chi connectivity index (χ0n) is 12.3. The van der Waals surface area contributed by atoms with E-state index >= 15 is 0 Å². The van der Waals surface area contributed by atoms with E-state index in [4.69, 9.17) is 4.52 Å². The summed E-state index contributed by atoms with van der Waals surface area (Å²) in [6, 6.07) is 11.4. The molecule has 0 fully saturated rings. The normalized spacial score (nSPS) is 13.0. The molecule has 0 aliphatic rings. The third-order valence-electron chi connectivity index (χ3n) is 3.15. The SMILES string of the molecule is C[C@H](NC(=O)c1cc(C(C)(C)C)no1)c1ccccc1. The van der Waals surface area contributed by atoms with Gasteiger partial charge in [0.25, 0.3) is 5.91 Å². The van der Waals surface area contributed by atoms with E-state index in [1.54, 1.807) is 6.07 Å². The van der Waals surface area contributed by atoms with E-state index in [2.05, 4.69) is 10.5 Å². The van der Waals surface area contributed by atoms with E-state index in [1.165, 1.54) is 0 Å². The molecule has 0 saturated carbocycles. The van der Waals surface area contributed by atoms with Gasteiger partial charge in [0.1, 0.15) is 0 Å². The molecule has 0 aliphatic carbocycles. The van der Waals surface area contributed by atoms with Crippen LogP contribution in [-0.2, 0) is 5.41 Å². The number of nitrogens with one attached hydrogen (secondary N) is 1. The number of carbonyl (C=O) groups is 1. The Morgan fingerprint density at radius 1 is 1.25 bits per heavy atom. The van der Waals surface area contributed by atoms with Gasteiger partial charge in [-0.3, -0.25) is 4.79 Å². The number of rotatable bonds is 3. The van der Waals surface area contributed by atoms with Crippen molar-refractivity contribution >= 4 is 5.91 Å². The first-order valence-electron chi connectivity index (χ1n) is 6.71. The minimum Gasteiger partial charge on any atom is -0.351 e. The average Bonchev–Trinajstić information content (AvgIpc) is 2.89. The molecule has 20 heavy (non-hydrogen) atoms. The van der Waals surface area contributed by atoms with Gasteiger partial charge in [-0.05, 0) is 12.5 Å². The Bertz CT molecular complexity index is 582. The summed E-state index contributed by atoms with van der Waals surface area (Å²) in [6.07, 6.45) is 0. The lowest BCUT2D eigenvalue weighted by Crippen LogP contribution is -2.26. The quantitative estimate of drug-likeness (QED) is 0.930. The van der Waals surface area contributed by atoms with Gasteiger partial charge in [0.2, 0.25) is 5.76 Å². The molecule has 0 unspecified atom stereocenters. The van der Waals surface area contributed by atoms with Gasteiger partial charge in [0.15, 0.2) is 0 Å². The zero-order chi connectivity index (χ0) is 14.8. The van der Waals surface area contributed by atoms with Gasteiger partial charge in [-0.15, -0.1) is 0 Å². The van der Waals surface area contributed by atoms with E-state index in [9.17, 15) is 4.79 Å². The molecule has 4 nitrogen and oxygen atoms in total. The van der Waals surface area contributed by atoms with Gasteiger partial charge >= 0.3 is 0 Å². The average molecular weight is 272 g/mol. The van der Waals surface area contributed by atoms with Crippen molar-refractivity contribution in [3.8, 4) is 0 Å². The van der Waals surface area contributed by atoms with Crippen LogP contribution in [0.3, 0.4) is 0 Å². The van der Waals surface area contributed by atoms with E-state index in [0.29, 0.717) is 0 Å². The summed E-state index contributed by atoms with van der Waals surface area (Å²) in [5.74, 6) is 0.00191. The van der Waals surface area contributed by atoms with Crippen LogP contribution in [0.1, 0.15) is 55.5 Å². The van der Waals surface area contributed by atoms with Crippen molar-refractivity contribution in [2.75, 3.05) is 0 Å². The number of hydrogen-bond acceptors (Lipinski definition) is 3. The Hall–Kier alpha value is -2.10. The van der Waals surface area contributed by atoms with Crippen LogP contribution in [0.2, 0.25) is 0 Å². The second kappa shape index (κ2) is 5.49. The summed E-state index contributed by atoms with van der Waals surface area (Å²) >= 11 is 0. The first kappa shape index (κ1) is 14.3. The molecule has 2 rings (SSSR count). The molecule has 0 saturated heterocycles. The number of benzene rings is 1. The zero-order valence-corrected chi connectivity index (χ0v) is 12.3. The van der Waals surface area contributed by atoms with Crippen LogP contribution in [0.25, 0.3) is 0 Å². The summed E-state index contributed by atoms with van der Waals surface area (Å²) in [5.41, 5.74) is 1.69. The van der Waals surface area contributed by atoms with Crippen LogP contribution in [0.4, 0.5) is 0 Å². The summed E-state index contributed by atoms with van der Waals surface area (Å²) in [6.45, 7) is 8.02. The Balaban J connectivity index is 2.07. The van der Waals surface area contributed by atoms with Gasteiger partial charge in [-0.1, -0.05) is 56.3 Å². The van der Waals surface area contributed by atoms with E-state index < -0.39 is 0 Å². The standard InChI is InChI=1S/C16H20N2O2/c1-11(12-8-6-5-7-9-12)17-15(19)13-10-14(18-20-13)16(2,3)4/h5-11H,1-4H3,(H,17,19)/t11-/m0/s1. The molecule has 0 bridgehead atoms. The van der Waals surface area contributed by atoms with Crippen molar-refractivity contribution in [3.05, 3.63) is 53.4 Å². The van der Waals surface area contributed by atoms with Crippen LogP contribution in [0.5, 0.6) is 0 Å². The topological polar surface area (TPSA) is 55.1 Å². The molecule has 1 amide bonds. The Morgan fingerprint density at radius 3 is 2.45 bits per heavy atom. The van der Waals surface area contributed by atoms with Crippen molar-refractivity contribution in [2.24, 2.45) is 0 Å². The fourth-order valence-electron chi connectivity index (χ4n) is 1.83. The number of amides is 1. The number of carbonyl (C=O) groups excluding carboxylic acids is 1. The lowest BCUT2D eigenvalue weighted by molar-refractivity contribution is 0.0902. The molecule has 2 aromatic rings. The van der Waals surface area contributed by atoms with Gasteiger partial charge < -0.3 is 9.84 Å². The molecule has 1 heterocycles. The Morgan fingerprint density at radius 2 is 1.90 bits per heavy atom. The van der Waals surface area contributed by atoms with Gasteiger partial charge in [-0.2, -0.15) is 0 Å². The van der Waals surface area contributed by atoms with Crippen LogP contribution in [-0.4, -0.2) is 11.1 Å². The maximum Gasteiger partial charge on any atom is 0.290 e. The van der Waals surface area contributed by atoms with Crippen molar-refractivity contribution in [2.45, 2.75) is 39.2 Å². The van der Waals surface area contributed by atoms with Crippen LogP contribution >= 0.6 is 0 Å². The highest BCUT2D eigenvalue weighted by molar-refractivity contribution is 5.91. The molecule has 106 valence electrons. The summed E-state index contributed by atoms with van der Waals surface area (Å²) < 4.78 is 5.13. The summed E-state index contributed by atoms with van der Waals surface area (Å²) in [5, 5.41) is 6.86. The first-order chi connectivity index (χ1) is 9.38. The molecular formula is C16H20N2O2. The van der Waals surface area contributed by atoms with Gasteiger partial charge in [-0.25, -0.2) is 0 Å². The minimum absolute atomic E-state index is 0.0770. The molecule has 0 spiro atoms. The molecule has 0 radical (unpaired) electrons. The second-order valence-corrected chi connectivity index (χ2v) is 5.93. The predicted molar refractivity (Wildman–Crippen MR) is 77.5 cm³/mol. The minimum atomic E-state index is -0.246. The molecule has 1 atom stereocenters. The van der Waals surface area contributed by atoms with E-state index in [1.807, 2.05) is 58.0 Å². The third kappa shape index (κ3) is 3.26. The molecule has 4 heteroatoms. The second-order valence-electron chi connectivity index (χ2n) is 5.93. The van der Waals surface area contributed by atoms with Crippen LogP contribution < -0.4 is 5.32 Å². The van der Waals surface area contributed by atoms with Gasteiger partial charge in [0.05, 0.1) is 11.7 Å². The van der Waals surface area contributed by atoms with E-state index in [0.717, 1.165) is 11.3 Å². The molecule has 1 aromatic heterocycles. The summed E-state index contributed by atoms with van der Waals surface area (Å²) in [4.78, 5) is 12.1. The number of nitrogens with zero attached hydrogens (tertiary/aromatic N) is 1. The van der Waals surface area contributed by atoms with Crippen molar-refractivity contribution < 1.29 is 9.32 Å². The third-order valence-corrected chi connectivity index (χ3v) is 3.15. The highest BCUT2D eigenvalue weighted by atomic mass is 16.5. The van der Waals surface area contributed by atoms with Crippen molar-refractivity contribution in [1.29, 1.82) is 0 Å². The molecule has 1 aromatic carbocycles.